The van der Waals surface area contributed by atoms with Crippen molar-refractivity contribution in [2.45, 2.75) is 20.8 Å². The Hall–Kier alpha value is -1.90. The molecule has 0 spiro atoms. The molecular formula is C13H14N2O. The average molecular weight is 214 g/mol. The molecule has 3 nitrogen and oxygen atoms in total. The van der Waals surface area contributed by atoms with Gasteiger partial charge in [-0.2, -0.15) is 5.10 Å². The van der Waals surface area contributed by atoms with Gasteiger partial charge in [0.25, 0.3) is 0 Å². The quantitative estimate of drug-likeness (QED) is 0.770. The topological polar surface area (TPSA) is 35.0 Å². The van der Waals surface area contributed by atoms with E-state index in [9.17, 15) is 0 Å². The molecule has 16 heavy (non-hydrogen) atoms. The normalized spacial score (nSPS) is 10.2. The van der Waals surface area contributed by atoms with Gasteiger partial charge in [0.2, 0.25) is 5.88 Å². The number of aromatic nitrogens is 2. The smallest absolute Gasteiger partial charge is 0.238 e. The third kappa shape index (κ3) is 2.37. The molecule has 0 saturated heterocycles. The van der Waals surface area contributed by atoms with Crippen LogP contribution in [0.5, 0.6) is 11.6 Å². The highest BCUT2D eigenvalue weighted by Gasteiger charge is 2.02. The lowest BCUT2D eigenvalue weighted by atomic mass is 10.1. The van der Waals surface area contributed by atoms with Gasteiger partial charge in [-0.15, -0.1) is 5.10 Å². The first-order valence-electron chi connectivity index (χ1n) is 5.20. The molecule has 0 N–H and O–H groups in total. The fourth-order valence-corrected chi connectivity index (χ4v) is 1.47. The summed E-state index contributed by atoms with van der Waals surface area (Å²) in [5.41, 5.74) is 3.20. The third-order valence-electron chi connectivity index (χ3n) is 2.32. The molecule has 3 heteroatoms. The Morgan fingerprint density at radius 3 is 2.38 bits per heavy atom. The van der Waals surface area contributed by atoms with Crippen LogP contribution in [0.1, 0.15) is 16.8 Å². The third-order valence-corrected chi connectivity index (χ3v) is 2.32. The number of hydrogen-bond acceptors (Lipinski definition) is 3. The first kappa shape index (κ1) is 10.6. The van der Waals surface area contributed by atoms with Crippen molar-refractivity contribution in [1.29, 1.82) is 0 Å². The van der Waals surface area contributed by atoms with E-state index < -0.39 is 0 Å². The van der Waals surface area contributed by atoms with Crippen molar-refractivity contribution < 1.29 is 4.74 Å². The summed E-state index contributed by atoms with van der Waals surface area (Å²) >= 11 is 0. The molecule has 0 atom stereocenters. The van der Waals surface area contributed by atoms with Gasteiger partial charge in [0, 0.05) is 6.07 Å². The standard InChI is InChI=1S/C13H14N2O/c1-9-4-6-12(10(2)8-9)16-13-7-5-11(3)14-15-13/h4-8H,1-3H3. The molecule has 0 fully saturated rings. The van der Waals surface area contributed by atoms with Gasteiger partial charge in [-0.05, 0) is 38.5 Å². The van der Waals surface area contributed by atoms with E-state index in [1.165, 1.54) is 5.56 Å². The van der Waals surface area contributed by atoms with E-state index in [1.54, 1.807) is 0 Å². The van der Waals surface area contributed by atoms with Crippen LogP contribution in [0.2, 0.25) is 0 Å². The number of nitrogens with zero attached hydrogens (tertiary/aromatic N) is 2. The van der Waals surface area contributed by atoms with Crippen LogP contribution in [-0.4, -0.2) is 10.2 Å². The van der Waals surface area contributed by atoms with Crippen LogP contribution >= 0.6 is 0 Å². The molecule has 0 aliphatic heterocycles. The van der Waals surface area contributed by atoms with Crippen molar-refractivity contribution in [2.24, 2.45) is 0 Å². The summed E-state index contributed by atoms with van der Waals surface area (Å²) in [6, 6.07) is 9.75. The fourth-order valence-electron chi connectivity index (χ4n) is 1.47. The molecule has 0 aliphatic carbocycles. The highest BCUT2D eigenvalue weighted by atomic mass is 16.5. The predicted octanol–water partition coefficient (Wildman–Crippen LogP) is 3.19. The second kappa shape index (κ2) is 4.31. The molecule has 0 unspecified atom stereocenters. The van der Waals surface area contributed by atoms with Crippen molar-refractivity contribution in [1.82, 2.24) is 10.2 Å². The van der Waals surface area contributed by atoms with Gasteiger partial charge in [0.05, 0.1) is 5.69 Å². The molecule has 1 aromatic heterocycles. The van der Waals surface area contributed by atoms with E-state index in [2.05, 4.69) is 23.2 Å². The second-order valence-corrected chi connectivity index (χ2v) is 3.88. The Bertz CT molecular complexity index is 492. The molecule has 1 aromatic carbocycles. The molecule has 1 heterocycles. The molecule has 2 rings (SSSR count). The Balaban J connectivity index is 2.23. The Morgan fingerprint density at radius 2 is 1.75 bits per heavy atom. The summed E-state index contributed by atoms with van der Waals surface area (Å²) in [5, 5.41) is 7.91. The van der Waals surface area contributed by atoms with Crippen molar-refractivity contribution >= 4 is 0 Å². The number of benzene rings is 1. The summed E-state index contributed by atoms with van der Waals surface area (Å²) in [6.45, 7) is 5.97. The monoisotopic (exact) mass is 214 g/mol. The predicted molar refractivity (Wildman–Crippen MR) is 62.8 cm³/mol. The molecule has 0 bridgehead atoms. The Labute approximate surface area is 95.1 Å². The lowest BCUT2D eigenvalue weighted by molar-refractivity contribution is 0.451. The van der Waals surface area contributed by atoms with Gasteiger partial charge in [0.1, 0.15) is 5.75 Å². The molecule has 0 saturated carbocycles. The van der Waals surface area contributed by atoms with Crippen molar-refractivity contribution in [2.75, 3.05) is 0 Å². The van der Waals surface area contributed by atoms with Gasteiger partial charge < -0.3 is 4.74 Å². The lowest BCUT2D eigenvalue weighted by Crippen LogP contribution is -1.93. The number of hydrogen-bond donors (Lipinski definition) is 0. The van der Waals surface area contributed by atoms with E-state index in [4.69, 9.17) is 4.74 Å². The van der Waals surface area contributed by atoms with Gasteiger partial charge in [-0.3, -0.25) is 0 Å². The van der Waals surface area contributed by atoms with E-state index in [0.29, 0.717) is 5.88 Å². The van der Waals surface area contributed by atoms with Gasteiger partial charge in [0.15, 0.2) is 0 Å². The van der Waals surface area contributed by atoms with Crippen LogP contribution in [0.15, 0.2) is 30.3 Å². The fraction of sp³-hybridized carbons (Fsp3) is 0.231. The maximum absolute atomic E-state index is 5.65. The van der Waals surface area contributed by atoms with Crippen LogP contribution in [0, 0.1) is 20.8 Å². The molecule has 82 valence electrons. The average Bonchev–Trinajstić information content (AvgIpc) is 2.25. The van der Waals surface area contributed by atoms with Crippen molar-refractivity contribution in [3.05, 3.63) is 47.2 Å². The van der Waals surface area contributed by atoms with Gasteiger partial charge in [-0.1, -0.05) is 17.7 Å². The van der Waals surface area contributed by atoms with Crippen LogP contribution in [0.3, 0.4) is 0 Å². The number of ether oxygens (including phenoxy) is 1. The maximum atomic E-state index is 5.65. The zero-order valence-electron chi connectivity index (χ0n) is 9.69. The zero-order valence-corrected chi connectivity index (χ0v) is 9.69. The first-order valence-corrected chi connectivity index (χ1v) is 5.20. The highest BCUT2D eigenvalue weighted by molar-refractivity contribution is 5.37. The van der Waals surface area contributed by atoms with E-state index in [1.807, 2.05) is 38.1 Å². The first-order chi connectivity index (χ1) is 7.65. The Kier molecular flexibility index (Phi) is 2.86. The minimum atomic E-state index is 0.526. The molecule has 0 radical (unpaired) electrons. The minimum Gasteiger partial charge on any atom is -0.437 e. The van der Waals surface area contributed by atoms with Crippen molar-refractivity contribution in [3.8, 4) is 11.6 Å². The van der Waals surface area contributed by atoms with E-state index >= 15 is 0 Å². The molecule has 0 aliphatic rings. The SMILES string of the molecule is Cc1ccc(Oc2ccc(C)nn2)c(C)c1. The zero-order chi connectivity index (χ0) is 11.5. The van der Waals surface area contributed by atoms with E-state index in [0.717, 1.165) is 17.0 Å². The summed E-state index contributed by atoms with van der Waals surface area (Å²) < 4.78 is 5.65. The molecule has 0 amide bonds. The van der Waals surface area contributed by atoms with E-state index in [-0.39, 0.29) is 0 Å². The number of rotatable bonds is 2. The Morgan fingerprint density at radius 1 is 0.938 bits per heavy atom. The summed E-state index contributed by atoms with van der Waals surface area (Å²) in [7, 11) is 0. The van der Waals surface area contributed by atoms with Gasteiger partial charge >= 0.3 is 0 Å². The lowest BCUT2D eigenvalue weighted by Gasteiger charge is -2.07. The van der Waals surface area contributed by atoms with Crippen LogP contribution < -0.4 is 4.74 Å². The second-order valence-electron chi connectivity index (χ2n) is 3.88. The van der Waals surface area contributed by atoms with Crippen molar-refractivity contribution in [3.63, 3.8) is 0 Å². The van der Waals surface area contributed by atoms with Crippen LogP contribution in [0.25, 0.3) is 0 Å². The van der Waals surface area contributed by atoms with Gasteiger partial charge in [-0.25, -0.2) is 0 Å². The highest BCUT2D eigenvalue weighted by Crippen LogP contribution is 2.23. The summed E-state index contributed by atoms with van der Waals surface area (Å²) in [6.07, 6.45) is 0. The van der Waals surface area contributed by atoms with Crippen LogP contribution in [-0.2, 0) is 0 Å². The maximum Gasteiger partial charge on any atom is 0.238 e. The minimum absolute atomic E-state index is 0.526. The number of aryl methyl sites for hydroxylation is 3. The molecule has 2 aromatic rings. The summed E-state index contributed by atoms with van der Waals surface area (Å²) in [4.78, 5) is 0. The van der Waals surface area contributed by atoms with Crippen LogP contribution in [0.4, 0.5) is 0 Å². The summed E-state index contributed by atoms with van der Waals surface area (Å²) in [5.74, 6) is 1.35. The largest absolute Gasteiger partial charge is 0.437 e. The molecular weight excluding hydrogens is 200 g/mol.